The molecule has 0 aromatic carbocycles. The Morgan fingerprint density at radius 1 is 0.520 bits per heavy atom. The second-order valence-electron chi connectivity index (χ2n) is 8.45. The fraction of sp³-hybridized carbons (Fsp3) is 0.619. The van der Waals surface area contributed by atoms with Crippen LogP contribution in [0.2, 0.25) is 0 Å². The smallest absolute Gasteiger partial charge is 0.134 e. The van der Waals surface area contributed by atoms with Crippen molar-refractivity contribution >= 4 is 0 Å². The Bertz CT molecular complexity index is 590. The molecule has 0 aliphatic rings. The number of aromatic nitrogens is 4. The van der Waals surface area contributed by atoms with Gasteiger partial charge in [0.15, 0.2) is 0 Å². The summed E-state index contributed by atoms with van der Waals surface area (Å²) in [5.74, 6) is 1.86. The molecule has 0 bridgehead atoms. The molecule has 0 aliphatic carbocycles. The topological polar surface area (TPSA) is 51.6 Å². The summed E-state index contributed by atoms with van der Waals surface area (Å²) in [6.45, 7) is 20.8. The van der Waals surface area contributed by atoms with Crippen LogP contribution in [0, 0.1) is 27.7 Å². The molecule has 0 spiro atoms. The minimum absolute atomic E-state index is 0. The highest BCUT2D eigenvalue weighted by atomic mass is 14.9. The first-order valence-electron chi connectivity index (χ1n) is 8.44. The van der Waals surface area contributed by atoms with Crippen molar-refractivity contribution in [3.63, 3.8) is 0 Å². The third-order valence-corrected chi connectivity index (χ3v) is 3.31. The molecule has 4 heteroatoms. The van der Waals surface area contributed by atoms with E-state index in [2.05, 4.69) is 61.5 Å². The van der Waals surface area contributed by atoms with E-state index in [-0.39, 0.29) is 18.3 Å². The van der Waals surface area contributed by atoms with Crippen molar-refractivity contribution in [3.8, 4) is 0 Å². The Labute approximate surface area is 154 Å². The van der Waals surface area contributed by atoms with Crippen LogP contribution in [0.5, 0.6) is 0 Å². The molecule has 2 heterocycles. The van der Waals surface area contributed by atoms with Crippen LogP contribution in [0.1, 0.15) is 83.4 Å². The average molecular weight is 345 g/mol. The highest BCUT2D eigenvalue weighted by molar-refractivity contribution is 5.13. The molecule has 0 unspecified atom stereocenters. The molecule has 25 heavy (non-hydrogen) atoms. The van der Waals surface area contributed by atoms with Crippen molar-refractivity contribution in [3.05, 3.63) is 46.6 Å². The Morgan fingerprint density at radius 2 is 0.720 bits per heavy atom. The van der Waals surface area contributed by atoms with Crippen LogP contribution in [-0.2, 0) is 10.8 Å². The average Bonchev–Trinajstić information content (AvgIpc) is 2.35. The second-order valence-corrected chi connectivity index (χ2v) is 8.45. The maximum atomic E-state index is 4.39. The van der Waals surface area contributed by atoms with Gasteiger partial charge in [0.2, 0.25) is 0 Å². The van der Waals surface area contributed by atoms with Gasteiger partial charge in [-0.25, -0.2) is 19.9 Å². The van der Waals surface area contributed by atoms with Gasteiger partial charge in [-0.15, -0.1) is 0 Å². The third kappa shape index (κ3) is 7.72. The predicted octanol–water partition coefficient (Wildman–Crippen LogP) is 5.42. The standard InChI is InChI=1S/2C10H16N2.CH4/c2*1-7-6-8(2)12-9(11-7)10(3,4)5;/h2*6H,1-5H3;1H4. The fourth-order valence-corrected chi connectivity index (χ4v) is 2.12. The lowest BCUT2D eigenvalue weighted by Gasteiger charge is -2.17. The summed E-state index contributed by atoms with van der Waals surface area (Å²) >= 11 is 0. The monoisotopic (exact) mass is 344 g/mol. The van der Waals surface area contributed by atoms with E-state index in [9.17, 15) is 0 Å². The molecule has 0 saturated heterocycles. The molecule has 140 valence electrons. The highest BCUT2D eigenvalue weighted by Gasteiger charge is 2.18. The lowest BCUT2D eigenvalue weighted by molar-refractivity contribution is 0.540. The zero-order valence-corrected chi connectivity index (χ0v) is 16.9. The number of aryl methyl sites for hydroxylation is 4. The molecule has 2 aromatic heterocycles. The van der Waals surface area contributed by atoms with E-state index in [1.165, 1.54) is 0 Å². The maximum absolute atomic E-state index is 4.39. The Balaban J connectivity index is 0.000000443. The lowest BCUT2D eigenvalue weighted by atomic mass is 9.95. The third-order valence-electron chi connectivity index (χ3n) is 3.31. The molecule has 4 nitrogen and oxygen atoms in total. The van der Waals surface area contributed by atoms with Gasteiger partial charge in [0.1, 0.15) is 11.6 Å². The highest BCUT2D eigenvalue weighted by Crippen LogP contribution is 2.19. The zero-order chi connectivity index (χ0) is 18.7. The van der Waals surface area contributed by atoms with Gasteiger partial charge < -0.3 is 0 Å². The molecule has 0 amide bonds. The molecular formula is C21H36N4. The summed E-state index contributed by atoms with van der Waals surface area (Å²) < 4.78 is 0. The number of rotatable bonds is 0. The molecule has 0 N–H and O–H groups in total. The van der Waals surface area contributed by atoms with Crippen molar-refractivity contribution in [1.29, 1.82) is 0 Å². The van der Waals surface area contributed by atoms with Crippen molar-refractivity contribution in [2.75, 3.05) is 0 Å². The van der Waals surface area contributed by atoms with Gasteiger partial charge in [0.25, 0.3) is 0 Å². The van der Waals surface area contributed by atoms with E-state index in [1.807, 2.05) is 39.8 Å². The van der Waals surface area contributed by atoms with Crippen LogP contribution in [0.4, 0.5) is 0 Å². The molecule has 0 radical (unpaired) electrons. The maximum Gasteiger partial charge on any atom is 0.134 e. The molecule has 0 aliphatic heterocycles. The van der Waals surface area contributed by atoms with E-state index in [1.54, 1.807) is 0 Å². The van der Waals surface area contributed by atoms with Crippen LogP contribution in [-0.4, -0.2) is 19.9 Å². The van der Waals surface area contributed by atoms with E-state index in [4.69, 9.17) is 0 Å². The summed E-state index contributed by atoms with van der Waals surface area (Å²) in [5, 5.41) is 0. The van der Waals surface area contributed by atoms with Crippen LogP contribution >= 0.6 is 0 Å². The van der Waals surface area contributed by atoms with Crippen molar-refractivity contribution in [2.24, 2.45) is 0 Å². The fourth-order valence-electron chi connectivity index (χ4n) is 2.12. The first kappa shape index (κ1) is 23.2. The van der Waals surface area contributed by atoms with Crippen LogP contribution in [0.25, 0.3) is 0 Å². The van der Waals surface area contributed by atoms with Crippen molar-refractivity contribution in [2.45, 2.75) is 87.5 Å². The normalized spacial score (nSPS) is 11.3. The summed E-state index contributed by atoms with van der Waals surface area (Å²) in [4.78, 5) is 17.6. The first-order valence-corrected chi connectivity index (χ1v) is 8.44. The minimum Gasteiger partial charge on any atom is -0.238 e. The minimum atomic E-state index is 0. The van der Waals surface area contributed by atoms with Gasteiger partial charge >= 0.3 is 0 Å². The summed E-state index contributed by atoms with van der Waals surface area (Å²) in [5.41, 5.74) is 4.30. The largest absolute Gasteiger partial charge is 0.238 e. The number of hydrogen-bond donors (Lipinski definition) is 0. The molecule has 0 saturated carbocycles. The van der Waals surface area contributed by atoms with Gasteiger partial charge in [-0.1, -0.05) is 49.0 Å². The van der Waals surface area contributed by atoms with E-state index in [0.29, 0.717) is 0 Å². The quantitative estimate of drug-likeness (QED) is 0.640. The van der Waals surface area contributed by atoms with E-state index in [0.717, 1.165) is 34.4 Å². The predicted molar refractivity (Wildman–Crippen MR) is 107 cm³/mol. The Morgan fingerprint density at radius 3 is 0.880 bits per heavy atom. The van der Waals surface area contributed by atoms with Gasteiger partial charge in [0, 0.05) is 33.6 Å². The van der Waals surface area contributed by atoms with Gasteiger partial charge in [0.05, 0.1) is 0 Å². The van der Waals surface area contributed by atoms with E-state index >= 15 is 0 Å². The van der Waals surface area contributed by atoms with Gasteiger partial charge in [-0.05, 0) is 39.8 Å². The molecule has 0 fully saturated rings. The molecule has 2 aromatic rings. The zero-order valence-electron chi connectivity index (χ0n) is 16.9. The lowest BCUT2D eigenvalue weighted by Crippen LogP contribution is -2.17. The van der Waals surface area contributed by atoms with E-state index < -0.39 is 0 Å². The number of hydrogen-bond acceptors (Lipinski definition) is 4. The summed E-state index contributed by atoms with van der Waals surface area (Å²) in [6, 6.07) is 3.99. The van der Waals surface area contributed by atoms with Crippen molar-refractivity contribution in [1.82, 2.24) is 19.9 Å². The van der Waals surface area contributed by atoms with Gasteiger partial charge in [-0.3, -0.25) is 0 Å². The summed E-state index contributed by atoms with van der Waals surface area (Å²) in [7, 11) is 0. The SMILES string of the molecule is C.Cc1cc(C)nc(C(C)(C)C)n1.Cc1cc(C)nc(C(C)(C)C)n1. The first-order chi connectivity index (χ1) is 10.8. The number of nitrogens with zero attached hydrogens (tertiary/aromatic N) is 4. The van der Waals surface area contributed by atoms with Gasteiger partial charge in [-0.2, -0.15) is 0 Å². The van der Waals surface area contributed by atoms with Crippen LogP contribution < -0.4 is 0 Å². The molecular weight excluding hydrogens is 308 g/mol. The second kappa shape index (κ2) is 8.50. The Hall–Kier alpha value is -1.84. The van der Waals surface area contributed by atoms with Crippen molar-refractivity contribution < 1.29 is 0 Å². The van der Waals surface area contributed by atoms with Crippen LogP contribution in [0.3, 0.4) is 0 Å². The Kier molecular flexibility index (Phi) is 7.88. The van der Waals surface area contributed by atoms with Crippen LogP contribution in [0.15, 0.2) is 12.1 Å². The summed E-state index contributed by atoms with van der Waals surface area (Å²) in [6.07, 6.45) is 0. The molecule has 0 atom stereocenters. The molecule has 2 rings (SSSR count).